The van der Waals surface area contributed by atoms with E-state index >= 15 is 0 Å². The van der Waals surface area contributed by atoms with E-state index in [1.165, 1.54) is 7.11 Å². The monoisotopic (exact) mass is 557 g/mol. The quantitative estimate of drug-likeness (QED) is 0.296. The first kappa shape index (κ1) is 27.0. The van der Waals surface area contributed by atoms with Crippen LogP contribution in [-0.2, 0) is 4.74 Å². The van der Waals surface area contributed by atoms with Gasteiger partial charge in [0.25, 0.3) is 11.8 Å². The van der Waals surface area contributed by atoms with Crippen molar-refractivity contribution in [1.29, 1.82) is 0 Å². The van der Waals surface area contributed by atoms with Crippen molar-refractivity contribution in [2.24, 2.45) is 0 Å². The normalized spacial score (nSPS) is 13.2. The van der Waals surface area contributed by atoms with Crippen LogP contribution < -0.4 is 10.2 Å². The van der Waals surface area contributed by atoms with Crippen molar-refractivity contribution >= 4 is 40.8 Å². The molecule has 8 nitrogen and oxygen atoms in total. The number of carbonyl (C=O) groups excluding carboxylic acids is 3. The number of carbonyl (C=O) groups is 3. The molecule has 1 saturated heterocycles. The molecule has 2 heterocycles. The Kier molecular flexibility index (Phi) is 7.89. The standard InChI is InChI=1S/C31H28ClN3O5/c1-20-8-9-22(18-24(20)32)27-12-13-28(40-27)29(36)33-25-19-23(31(38)39-2)10-11-26(25)34-14-16-35(17-15-34)30(37)21-6-4-3-5-7-21/h3-13,18-19H,14-17H2,1-2H3,(H,33,36). The highest BCUT2D eigenvalue weighted by Crippen LogP contribution is 2.31. The number of nitrogens with zero attached hydrogens (tertiary/aromatic N) is 2. The van der Waals surface area contributed by atoms with Crippen LogP contribution in [0.25, 0.3) is 11.3 Å². The highest BCUT2D eigenvalue weighted by atomic mass is 35.5. The van der Waals surface area contributed by atoms with Gasteiger partial charge in [0.1, 0.15) is 5.76 Å². The molecule has 1 aliphatic heterocycles. The molecule has 204 valence electrons. The lowest BCUT2D eigenvalue weighted by Crippen LogP contribution is -2.49. The SMILES string of the molecule is COC(=O)c1ccc(N2CCN(C(=O)c3ccccc3)CC2)c(NC(=O)c2ccc(-c3ccc(C)c(Cl)c3)o2)c1. The number of piperazine rings is 1. The van der Waals surface area contributed by atoms with Crippen molar-refractivity contribution in [2.45, 2.75) is 6.92 Å². The maximum absolute atomic E-state index is 13.2. The molecule has 0 atom stereocenters. The average molecular weight is 558 g/mol. The number of halogens is 1. The zero-order valence-corrected chi connectivity index (χ0v) is 22.9. The third-order valence-electron chi connectivity index (χ3n) is 6.88. The second-order valence-corrected chi connectivity index (χ2v) is 9.86. The fourth-order valence-corrected chi connectivity index (χ4v) is 4.80. The molecule has 9 heteroatoms. The molecule has 5 rings (SSSR count). The van der Waals surface area contributed by atoms with Crippen LogP contribution in [0.3, 0.4) is 0 Å². The van der Waals surface area contributed by atoms with E-state index in [-0.39, 0.29) is 11.7 Å². The Labute approximate surface area is 237 Å². The van der Waals surface area contributed by atoms with Crippen molar-refractivity contribution in [3.8, 4) is 11.3 Å². The number of rotatable bonds is 6. The largest absolute Gasteiger partial charge is 0.465 e. The second kappa shape index (κ2) is 11.7. The number of nitrogens with one attached hydrogen (secondary N) is 1. The Balaban J connectivity index is 1.35. The van der Waals surface area contributed by atoms with Gasteiger partial charge in [0.05, 0.1) is 24.0 Å². The van der Waals surface area contributed by atoms with Crippen molar-refractivity contribution in [2.75, 3.05) is 43.5 Å². The van der Waals surface area contributed by atoms with E-state index in [0.717, 1.165) is 16.8 Å². The average Bonchev–Trinajstić information content (AvgIpc) is 3.49. The number of anilines is 2. The number of methoxy groups -OCH3 is 1. The van der Waals surface area contributed by atoms with Gasteiger partial charge < -0.3 is 24.3 Å². The van der Waals surface area contributed by atoms with E-state index < -0.39 is 11.9 Å². The van der Waals surface area contributed by atoms with Crippen molar-refractivity contribution in [3.63, 3.8) is 0 Å². The lowest BCUT2D eigenvalue weighted by Gasteiger charge is -2.37. The minimum Gasteiger partial charge on any atom is -0.465 e. The van der Waals surface area contributed by atoms with Gasteiger partial charge in [0, 0.05) is 42.3 Å². The number of hydrogen-bond acceptors (Lipinski definition) is 6. The smallest absolute Gasteiger partial charge is 0.337 e. The maximum atomic E-state index is 13.2. The van der Waals surface area contributed by atoms with Crippen molar-refractivity contribution in [1.82, 2.24) is 4.90 Å². The topological polar surface area (TPSA) is 92.1 Å². The molecular weight excluding hydrogens is 530 g/mol. The van der Waals surface area contributed by atoms with Gasteiger partial charge in [-0.15, -0.1) is 0 Å². The van der Waals surface area contributed by atoms with E-state index in [9.17, 15) is 14.4 Å². The summed E-state index contributed by atoms with van der Waals surface area (Å²) in [6.45, 7) is 4.05. The highest BCUT2D eigenvalue weighted by Gasteiger charge is 2.25. The molecular formula is C31H28ClN3O5. The fourth-order valence-electron chi connectivity index (χ4n) is 4.62. The number of hydrogen-bond donors (Lipinski definition) is 1. The number of benzene rings is 3. The van der Waals surface area contributed by atoms with Crippen molar-refractivity contribution < 1.29 is 23.5 Å². The van der Waals surface area contributed by atoms with Gasteiger partial charge in [-0.25, -0.2) is 4.79 Å². The van der Waals surface area contributed by atoms with Crippen LogP contribution in [0.15, 0.2) is 83.3 Å². The van der Waals surface area contributed by atoms with Gasteiger partial charge in [-0.1, -0.05) is 41.9 Å². The summed E-state index contributed by atoms with van der Waals surface area (Å²) in [7, 11) is 1.30. The minimum absolute atomic E-state index is 0.0155. The third kappa shape index (κ3) is 5.72. The van der Waals surface area contributed by atoms with Crippen LogP contribution >= 0.6 is 11.6 Å². The number of amides is 2. The van der Waals surface area contributed by atoms with Crippen LogP contribution in [-0.4, -0.2) is 56.0 Å². The zero-order valence-electron chi connectivity index (χ0n) is 22.1. The maximum Gasteiger partial charge on any atom is 0.337 e. The molecule has 2 amide bonds. The van der Waals surface area contributed by atoms with E-state index in [2.05, 4.69) is 10.2 Å². The molecule has 1 fully saturated rings. The molecule has 0 saturated carbocycles. The van der Waals surface area contributed by atoms with Crippen molar-refractivity contribution in [3.05, 3.63) is 106 Å². The van der Waals surface area contributed by atoms with Gasteiger partial charge in [-0.05, 0) is 61.0 Å². The summed E-state index contributed by atoms with van der Waals surface area (Å²) in [4.78, 5) is 42.3. The molecule has 0 radical (unpaired) electrons. The summed E-state index contributed by atoms with van der Waals surface area (Å²) in [5, 5.41) is 3.51. The Hall–Kier alpha value is -4.56. The van der Waals surface area contributed by atoms with E-state index in [1.54, 1.807) is 48.5 Å². The van der Waals surface area contributed by atoms with Crippen LogP contribution in [0.2, 0.25) is 5.02 Å². The molecule has 3 aromatic carbocycles. The van der Waals surface area contributed by atoms with Gasteiger partial charge in [-0.2, -0.15) is 0 Å². The summed E-state index contributed by atoms with van der Waals surface area (Å²) in [5.74, 6) is -0.380. The number of aryl methyl sites for hydroxylation is 1. The second-order valence-electron chi connectivity index (χ2n) is 9.45. The summed E-state index contributed by atoms with van der Waals surface area (Å²) < 4.78 is 10.7. The predicted octanol–water partition coefficient (Wildman–Crippen LogP) is 5.91. The number of esters is 1. The molecule has 40 heavy (non-hydrogen) atoms. The first-order valence-electron chi connectivity index (χ1n) is 12.8. The lowest BCUT2D eigenvalue weighted by molar-refractivity contribution is 0.0600. The summed E-state index contributed by atoms with van der Waals surface area (Å²) in [6.07, 6.45) is 0. The zero-order chi connectivity index (χ0) is 28.2. The van der Waals surface area contributed by atoms with Crippen LogP contribution in [0, 0.1) is 6.92 Å². The molecule has 1 aliphatic rings. The Bertz CT molecular complexity index is 1560. The first-order chi connectivity index (χ1) is 19.3. The Morgan fingerprint density at radius 2 is 1.62 bits per heavy atom. The molecule has 4 aromatic rings. The van der Waals surface area contributed by atoms with E-state index in [1.807, 2.05) is 42.2 Å². The molecule has 1 N–H and O–H groups in total. The molecule has 0 unspecified atom stereocenters. The minimum atomic E-state index is -0.517. The number of furan rings is 1. The van der Waals surface area contributed by atoms with Gasteiger partial charge >= 0.3 is 5.97 Å². The van der Waals surface area contributed by atoms with Gasteiger partial charge in [-0.3, -0.25) is 9.59 Å². The molecule has 0 bridgehead atoms. The Morgan fingerprint density at radius 3 is 2.33 bits per heavy atom. The summed E-state index contributed by atoms with van der Waals surface area (Å²) in [5.41, 5.74) is 3.81. The number of ether oxygens (including phenoxy) is 1. The lowest BCUT2D eigenvalue weighted by atomic mass is 10.1. The highest BCUT2D eigenvalue weighted by molar-refractivity contribution is 6.31. The van der Waals surface area contributed by atoms with E-state index in [0.29, 0.717) is 53.8 Å². The fraction of sp³-hybridized carbons (Fsp3) is 0.194. The van der Waals surface area contributed by atoms with Crippen LogP contribution in [0.5, 0.6) is 0 Å². The first-order valence-corrected chi connectivity index (χ1v) is 13.2. The van der Waals surface area contributed by atoms with Crippen LogP contribution in [0.4, 0.5) is 11.4 Å². The Morgan fingerprint density at radius 1 is 0.875 bits per heavy atom. The molecule has 0 aliphatic carbocycles. The van der Waals surface area contributed by atoms with E-state index in [4.69, 9.17) is 20.8 Å². The van der Waals surface area contributed by atoms with Crippen LogP contribution in [0.1, 0.15) is 36.8 Å². The predicted molar refractivity (Wildman–Crippen MR) is 154 cm³/mol. The van der Waals surface area contributed by atoms with Gasteiger partial charge in [0.15, 0.2) is 5.76 Å². The summed E-state index contributed by atoms with van der Waals surface area (Å²) in [6, 6.07) is 23.1. The third-order valence-corrected chi connectivity index (χ3v) is 7.29. The van der Waals surface area contributed by atoms with Gasteiger partial charge in [0.2, 0.25) is 0 Å². The molecule has 1 aromatic heterocycles. The summed E-state index contributed by atoms with van der Waals surface area (Å²) >= 11 is 6.26. The molecule has 0 spiro atoms.